The highest BCUT2D eigenvalue weighted by Gasteiger charge is 1.94. The minimum absolute atomic E-state index is 0.150. The van der Waals surface area contributed by atoms with Crippen molar-refractivity contribution in [3.05, 3.63) is 12.4 Å². The zero-order chi connectivity index (χ0) is 10.8. The van der Waals surface area contributed by atoms with Gasteiger partial charge in [-0.05, 0) is 6.42 Å². The van der Waals surface area contributed by atoms with Gasteiger partial charge in [-0.25, -0.2) is 0 Å². The molecule has 0 aliphatic heterocycles. The lowest BCUT2D eigenvalue weighted by atomic mass is 10.4. The molecule has 0 radical (unpaired) electrons. The summed E-state index contributed by atoms with van der Waals surface area (Å²) in [5, 5.41) is 17.8. The molecule has 0 bridgehead atoms. The van der Waals surface area contributed by atoms with Gasteiger partial charge in [-0.1, -0.05) is 6.58 Å². The summed E-state index contributed by atoms with van der Waals surface area (Å²) in [6.45, 7) is 7.64. The van der Waals surface area contributed by atoms with Crippen LogP contribution in [0.1, 0.15) is 6.42 Å². The Kier molecular flexibility index (Phi) is 7.16. The van der Waals surface area contributed by atoms with Crippen LogP contribution in [0.15, 0.2) is 22.5 Å². The fourth-order valence-electron chi connectivity index (χ4n) is 0.721. The van der Waals surface area contributed by atoms with Crippen LogP contribution in [0.5, 0.6) is 0 Å². The number of hydrogen-bond donors (Lipinski definition) is 4. The third-order valence-corrected chi connectivity index (χ3v) is 1.32. The van der Waals surface area contributed by atoms with E-state index in [0.717, 1.165) is 0 Å². The lowest BCUT2D eigenvalue weighted by Crippen LogP contribution is -2.36. The molecule has 0 saturated carbocycles. The SMILES string of the molecule is C=NNC(=C)/N=C(\NC)NCCCO. The zero-order valence-electron chi connectivity index (χ0n) is 8.38. The van der Waals surface area contributed by atoms with E-state index in [2.05, 4.69) is 39.4 Å². The van der Waals surface area contributed by atoms with Crippen LogP contribution in [0.25, 0.3) is 0 Å². The maximum Gasteiger partial charge on any atom is 0.197 e. The fraction of sp³-hybridized carbons (Fsp3) is 0.500. The number of aliphatic hydroxyl groups excluding tert-OH is 1. The van der Waals surface area contributed by atoms with Gasteiger partial charge in [0, 0.05) is 26.9 Å². The molecule has 0 rings (SSSR count). The van der Waals surface area contributed by atoms with Crippen molar-refractivity contribution >= 4 is 12.7 Å². The number of hydrogen-bond acceptors (Lipinski definition) is 4. The van der Waals surface area contributed by atoms with E-state index in [1.54, 1.807) is 7.05 Å². The smallest absolute Gasteiger partial charge is 0.197 e. The molecule has 80 valence electrons. The molecule has 14 heavy (non-hydrogen) atoms. The summed E-state index contributed by atoms with van der Waals surface area (Å²) in [6.07, 6.45) is 0.667. The van der Waals surface area contributed by atoms with E-state index in [4.69, 9.17) is 5.11 Å². The Bertz CT molecular complexity index is 214. The van der Waals surface area contributed by atoms with Gasteiger partial charge in [0.2, 0.25) is 0 Å². The molecular weight excluding hydrogens is 182 g/mol. The van der Waals surface area contributed by atoms with Crippen molar-refractivity contribution in [3.63, 3.8) is 0 Å². The minimum atomic E-state index is 0.150. The first kappa shape index (κ1) is 12.4. The Balaban J connectivity index is 3.97. The highest BCUT2D eigenvalue weighted by atomic mass is 16.3. The number of nitrogens with zero attached hydrogens (tertiary/aromatic N) is 2. The molecule has 0 aliphatic rings. The molecule has 0 atom stereocenters. The van der Waals surface area contributed by atoms with E-state index >= 15 is 0 Å². The Hall–Kier alpha value is -1.56. The molecule has 0 aromatic rings. The lowest BCUT2D eigenvalue weighted by molar-refractivity contribution is 0.289. The minimum Gasteiger partial charge on any atom is -0.396 e. The van der Waals surface area contributed by atoms with E-state index in [9.17, 15) is 0 Å². The maximum atomic E-state index is 8.56. The van der Waals surface area contributed by atoms with Crippen molar-refractivity contribution in [1.29, 1.82) is 0 Å². The molecule has 0 spiro atoms. The van der Waals surface area contributed by atoms with Gasteiger partial charge in [0.1, 0.15) is 5.82 Å². The molecule has 6 heteroatoms. The van der Waals surface area contributed by atoms with Crippen molar-refractivity contribution in [2.45, 2.75) is 6.42 Å². The highest BCUT2D eigenvalue weighted by molar-refractivity contribution is 5.80. The third kappa shape index (κ3) is 6.01. The Morgan fingerprint density at radius 2 is 2.21 bits per heavy atom. The number of nitrogens with one attached hydrogen (secondary N) is 3. The molecular formula is C8H17N5O. The normalized spacial score (nSPS) is 10.6. The van der Waals surface area contributed by atoms with Crippen molar-refractivity contribution in [2.24, 2.45) is 10.1 Å². The van der Waals surface area contributed by atoms with Crippen LogP contribution < -0.4 is 16.1 Å². The number of hydrazone groups is 1. The van der Waals surface area contributed by atoms with E-state index in [1.807, 2.05) is 0 Å². The third-order valence-electron chi connectivity index (χ3n) is 1.32. The molecule has 0 heterocycles. The molecule has 0 aromatic heterocycles. The van der Waals surface area contributed by atoms with Gasteiger partial charge in [-0.3, -0.25) is 5.43 Å². The molecule has 0 aliphatic carbocycles. The molecule has 0 amide bonds. The van der Waals surface area contributed by atoms with Gasteiger partial charge in [0.25, 0.3) is 0 Å². The second kappa shape index (κ2) is 8.06. The van der Waals surface area contributed by atoms with Gasteiger partial charge in [0.15, 0.2) is 5.96 Å². The second-order valence-electron chi connectivity index (χ2n) is 2.43. The summed E-state index contributed by atoms with van der Waals surface area (Å²) in [7, 11) is 1.74. The largest absolute Gasteiger partial charge is 0.396 e. The van der Waals surface area contributed by atoms with E-state index in [0.29, 0.717) is 24.7 Å². The first-order chi connectivity index (χ1) is 6.74. The number of aliphatic hydroxyl groups is 1. The van der Waals surface area contributed by atoms with Crippen molar-refractivity contribution in [3.8, 4) is 0 Å². The van der Waals surface area contributed by atoms with Crippen LogP contribution in [0.2, 0.25) is 0 Å². The summed E-state index contributed by atoms with van der Waals surface area (Å²) in [5.74, 6) is 0.959. The van der Waals surface area contributed by atoms with E-state index in [-0.39, 0.29) is 6.61 Å². The van der Waals surface area contributed by atoms with Crippen LogP contribution in [-0.4, -0.2) is 38.0 Å². The predicted octanol–water partition coefficient (Wildman–Crippen LogP) is -0.790. The summed E-state index contributed by atoms with van der Waals surface area (Å²) < 4.78 is 0. The summed E-state index contributed by atoms with van der Waals surface area (Å²) in [4.78, 5) is 4.03. The van der Waals surface area contributed by atoms with Crippen LogP contribution in [0.3, 0.4) is 0 Å². The van der Waals surface area contributed by atoms with Gasteiger partial charge in [0.05, 0.1) is 0 Å². The van der Waals surface area contributed by atoms with Crippen LogP contribution in [0.4, 0.5) is 0 Å². The monoisotopic (exact) mass is 199 g/mol. The first-order valence-electron chi connectivity index (χ1n) is 4.26. The number of guanidine groups is 1. The molecule has 4 N–H and O–H groups in total. The standard InChI is InChI=1S/C8H17N5O/c1-7(13-10-3)12-8(9-2)11-5-4-6-14/h13-14H,1,3-6H2,2H3,(H2,9,11,12). The highest BCUT2D eigenvalue weighted by Crippen LogP contribution is 1.85. The Morgan fingerprint density at radius 3 is 2.71 bits per heavy atom. The summed E-state index contributed by atoms with van der Waals surface area (Å²) in [6, 6.07) is 0. The molecule has 0 aromatic carbocycles. The molecule has 6 nitrogen and oxygen atoms in total. The van der Waals surface area contributed by atoms with Crippen molar-refractivity contribution < 1.29 is 5.11 Å². The Morgan fingerprint density at radius 1 is 1.50 bits per heavy atom. The van der Waals surface area contributed by atoms with Gasteiger partial charge >= 0.3 is 0 Å². The van der Waals surface area contributed by atoms with E-state index in [1.165, 1.54) is 0 Å². The Labute approximate surface area is 83.8 Å². The van der Waals surface area contributed by atoms with Gasteiger partial charge < -0.3 is 15.7 Å². The summed E-state index contributed by atoms with van der Waals surface area (Å²) in [5.41, 5.74) is 2.50. The molecule has 0 saturated heterocycles. The van der Waals surface area contributed by atoms with Crippen LogP contribution >= 0.6 is 0 Å². The average molecular weight is 199 g/mol. The van der Waals surface area contributed by atoms with Crippen LogP contribution in [0, 0.1) is 0 Å². The average Bonchev–Trinajstić information content (AvgIpc) is 2.17. The summed E-state index contributed by atoms with van der Waals surface area (Å²) >= 11 is 0. The number of aliphatic imine (C=N–C) groups is 1. The predicted molar refractivity (Wildman–Crippen MR) is 58.0 cm³/mol. The molecule has 0 fully saturated rings. The fourth-order valence-corrected chi connectivity index (χ4v) is 0.721. The van der Waals surface area contributed by atoms with Gasteiger partial charge in [-0.15, -0.1) is 0 Å². The maximum absolute atomic E-state index is 8.56. The second-order valence-corrected chi connectivity index (χ2v) is 2.43. The van der Waals surface area contributed by atoms with Crippen LogP contribution in [-0.2, 0) is 0 Å². The van der Waals surface area contributed by atoms with Crippen molar-refractivity contribution in [1.82, 2.24) is 16.1 Å². The zero-order valence-corrected chi connectivity index (χ0v) is 8.38. The number of rotatable bonds is 6. The van der Waals surface area contributed by atoms with Gasteiger partial charge in [-0.2, -0.15) is 10.1 Å². The first-order valence-corrected chi connectivity index (χ1v) is 4.26. The van der Waals surface area contributed by atoms with E-state index < -0.39 is 0 Å². The topological polar surface area (TPSA) is 81.0 Å². The lowest BCUT2D eigenvalue weighted by Gasteiger charge is -2.08. The quantitative estimate of drug-likeness (QED) is 0.196. The van der Waals surface area contributed by atoms with Crippen molar-refractivity contribution in [2.75, 3.05) is 20.2 Å². The molecule has 0 unspecified atom stereocenters.